The second-order valence-corrected chi connectivity index (χ2v) is 10.4. The van der Waals surface area contributed by atoms with Crippen molar-refractivity contribution in [2.45, 2.75) is 55.0 Å². The molecule has 0 spiro atoms. The summed E-state index contributed by atoms with van der Waals surface area (Å²) in [6.45, 7) is 7.81. The van der Waals surface area contributed by atoms with Crippen molar-refractivity contribution in [2.75, 3.05) is 4.72 Å². The Morgan fingerprint density at radius 2 is 1.75 bits per heavy atom. The van der Waals surface area contributed by atoms with Crippen LogP contribution in [0.1, 0.15) is 41.8 Å². The van der Waals surface area contributed by atoms with E-state index in [0.717, 1.165) is 27.5 Å². The Morgan fingerprint density at radius 1 is 1.03 bits per heavy atom. The summed E-state index contributed by atoms with van der Waals surface area (Å²) in [4.78, 5) is 17.7. The van der Waals surface area contributed by atoms with Gasteiger partial charge in [0.05, 0.1) is 10.5 Å². The van der Waals surface area contributed by atoms with Gasteiger partial charge >= 0.3 is 0 Å². The molecule has 0 aliphatic rings. The topological polar surface area (TPSA) is 88.2 Å². The van der Waals surface area contributed by atoms with Gasteiger partial charge in [-0.05, 0) is 86.8 Å². The third-order valence-electron chi connectivity index (χ3n) is 5.11. The SMILES string of the molecule is CC[C@H](C)NC(=O)c1ccc(Sc2ccc(NS(=O)(=O)c3ccc(C)c(C)c3)cc2)nc1. The normalized spacial score (nSPS) is 12.2. The third kappa shape index (κ3) is 6.11. The maximum Gasteiger partial charge on any atom is 0.261 e. The summed E-state index contributed by atoms with van der Waals surface area (Å²) in [7, 11) is -3.66. The van der Waals surface area contributed by atoms with Crippen LogP contribution in [0, 0.1) is 13.8 Å². The van der Waals surface area contributed by atoms with Crippen LogP contribution in [-0.2, 0) is 10.0 Å². The maximum atomic E-state index is 12.7. The van der Waals surface area contributed by atoms with Crippen LogP contribution in [0.3, 0.4) is 0 Å². The number of hydrogen-bond acceptors (Lipinski definition) is 5. The van der Waals surface area contributed by atoms with E-state index in [9.17, 15) is 13.2 Å². The smallest absolute Gasteiger partial charge is 0.261 e. The first-order valence-corrected chi connectivity index (χ1v) is 12.6. The van der Waals surface area contributed by atoms with Crippen molar-refractivity contribution >= 4 is 33.4 Å². The first-order chi connectivity index (χ1) is 15.2. The summed E-state index contributed by atoms with van der Waals surface area (Å²) in [5, 5.41) is 3.66. The number of carbonyl (C=O) groups is 1. The molecule has 2 N–H and O–H groups in total. The van der Waals surface area contributed by atoms with Gasteiger partial charge in [-0.3, -0.25) is 9.52 Å². The Bertz CT molecular complexity index is 1190. The van der Waals surface area contributed by atoms with Crippen LogP contribution in [0.15, 0.2) is 75.6 Å². The summed E-state index contributed by atoms with van der Waals surface area (Å²) in [5.74, 6) is -0.135. The van der Waals surface area contributed by atoms with Crippen LogP contribution in [0.25, 0.3) is 0 Å². The molecule has 0 unspecified atom stereocenters. The van der Waals surface area contributed by atoms with Gasteiger partial charge in [-0.25, -0.2) is 13.4 Å². The number of carbonyl (C=O) groups excluding carboxylic acids is 1. The highest BCUT2D eigenvalue weighted by atomic mass is 32.2. The molecule has 6 nitrogen and oxygen atoms in total. The molecule has 3 rings (SSSR count). The molecule has 0 saturated carbocycles. The lowest BCUT2D eigenvalue weighted by Gasteiger charge is -2.11. The Balaban J connectivity index is 1.64. The maximum absolute atomic E-state index is 12.7. The summed E-state index contributed by atoms with van der Waals surface area (Å²) in [6.07, 6.45) is 2.43. The minimum atomic E-state index is -3.66. The van der Waals surface area contributed by atoms with E-state index in [2.05, 4.69) is 15.0 Å². The van der Waals surface area contributed by atoms with E-state index in [-0.39, 0.29) is 16.8 Å². The van der Waals surface area contributed by atoms with Crippen molar-refractivity contribution in [1.82, 2.24) is 10.3 Å². The van der Waals surface area contributed by atoms with E-state index in [1.165, 1.54) is 11.8 Å². The Morgan fingerprint density at radius 3 is 2.34 bits per heavy atom. The lowest BCUT2D eigenvalue weighted by atomic mass is 10.1. The number of nitrogens with zero attached hydrogens (tertiary/aromatic N) is 1. The first-order valence-electron chi connectivity index (χ1n) is 10.3. The predicted octanol–water partition coefficient (Wildman–Crippen LogP) is 5.18. The van der Waals surface area contributed by atoms with Crippen molar-refractivity contribution in [2.24, 2.45) is 0 Å². The molecule has 0 aliphatic carbocycles. The molecular weight excluding hydrogens is 442 g/mol. The van der Waals surface area contributed by atoms with Crippen LogP contribution in [-0.4, -0.2) is 25.4 Å². The molecule has 0 fully saturated rings. The van der Waals surface area contributed by atoms with Crippen molar-refractivity contribution in [3.63, 3.8) is 0 Å². The minimum Gasteiger partial charge on any atom is -0.350 e. The number of pyridine rings is 1. The van der Waals surface area contributed by atoms with Crippen LogP contribution in [0.4, 0.5) is 5.69 Å². The monoisotopic (exact) mass is 469 g/mol. The van der Waals surface area contributed by atoms with Gasteiger partial charge in [0.2, 0.25) is 0 Å². The molecule has 8 heteroatoms. The van der Waals surface area contributed by atoms with Crippen LogP contribution in [0.2, 0.25) is 0 Å². The zero-order chi connectivity index (χ0) is 23.3. The van der Waals surface area contributed by atoms with E-state index in [1.54, 1.807) is 48.7 Å². The average molecular weight is 470 g/mol. The van der Waals surface area contributed by atoms with Gasteiger partial charge in [0.15, 0.2) is 0 Å². The van der Waals surface area contributed by atoms with Crippen molar-refractivity contribution < 1.29 is 13.2 Å². The van der Waals surface area contributed by atoms with E-state index in [4.69, 9.17) is 0 Å². The fourth-order valence-electron chi connectivity index (χ4n) is 2.79. The Kier molecular flexibility index (Phi) is 7.58. The molecule has 1 atom stereocenters. The van der Waals surface area contributed by atoms with Crippen LogP contribution >= 0.6 is 11.8 Å². The molecule has 168 valence electrons. The quantitative estimate of drug-likeness (QED) is 0.475. The highest BCUT2D eigenvalue weighted by Gasteiger charge is 2.15. The predicted molar refractivity (Wildman–Crippen MR) is 129 cm³/mol. The van der Waals surface area contributed by atoms with Gasteiger partial charge in [0.25, 0.3) is 15.9 Å². The molecule has 0 aliphatic heterocycles. The number of aromatic nitrogens is 1. The Labute approximate surface area is 193 Å². The second kappa shape index (κ2) is 10.2. The summed E-state index contributed by atoms with van der Waals surface area (Å²) < 4.78 is 27.9. The fraction of sp³-hybridized carbons (Fsp3) is 0.250. The second-order valence-electron chi connectivity index (χ2n) is 7.65. The molecule has 3 aromatic rings. The number of amides is 1. The number of sulfonamides is 1. The van der Waals surface area contributed by atoms with E-state index >= 15 is 0 Å². The number of nitrogens with one attached hydrogen (secondary N) is 2. The summed E-state index contributed by atoms with van der Waals surface area (Å²) in [6, 6.07) is 15.8. The summed E-state index contributed by atoms with van der Waals surface area (Å²) in [5.41, 5.74) is 2.97. The van der Waals surface area contributed by atoms with Crippen LogP contribution in [0.5, 0.6) is 0 Å². The highest BCUT2D eigenvalue weighted by molar-refractivity contribution is 7.99. The largest absolute Gasteiger partial charge is 0.350 e. The molecule has 1 heterocycles. The zero-order valence-corrected chi connectivity index (χ0v) is 20.2. The lowest BCUT2D eigenvalue weighted by molar-refractivity contribution is 0.0939. The number of rotatable bonds is 8. The lowest BCUT2D eigenvalue weighted by Crippen LogP contribution is -2.31. The molecular formula is C24H27N3O3S2. The van der Waals surface area contributed by atoms with E-state index in [0.29, 0.717) is 11.3 Å². The van der Waals surface area contributed by atoms with Crippen molar-refractivity contribution in [3.8, 4) is 0 Å². The fourth-order valence-corrected chi connectivity index (χ4v) is 4.69. The number of anilines is 1. The highest BCUT2D eigenvalue weighted by Crippen LogP contribution is 2.28. The number of hydrogen-bond donors (Lipinski definition) is 2. The third-order valence-corrected chi connectivity index (χ3v) is 7.44. The minimum absolute atomic E-state index is 0.113. The van der Waals surface area contributed by atoms with Gasteiger partial charge in [0.1, 0.15) is 5.03 Å². The zero-order valence-electron chi connectivity index (χ0n) is 18.5. The van der Waals surface area contributed by atoms with Gasteiger partial charge in [0, 0.05) is 22.8 Å². The molecule has 32 heavy (non-hydrogen) atoms. The molecule has 0 saturated heterocycles. The molecule has 2 aromatic carbocycles. The number of benzene rings is 2. The van der Waals surface area contributed by atoms with Gasteiger partial charge in [-0.2, -0.15) is 0 Å². The Hall–Kier alpha value is -2.84. The average Bonchev–Trinajstić information content (AvgIpc) is 2.77. The van der Waals surface area contributed by atoms with E-state index in [1.807, 2.05) is 39.8 Å². The molecule has 1 amide bonds. The van der Waals surface area contributed by atoms with Crippen LogP contribution < -0.4 is 10.0 Å². The van der Waals surface area contributed by atoms with Gasteiger partial charge < -0.3 is 5.32 Å². The molecule has 0 bridgehead atoms. The molecule has 1 aromatic heterocycles. The first kappa shape index (κ1) is 23.8. The van der Waals surface area contributed by atoms with Gasteiger partial charge in [-0.15, -0.1) is 0 Å². The van der Waals surface area contributed by atoms with Crippen molar-refractivity contribution in [3.05, 3.63) is 77.5 Å². The number of aryl methyl sites for hydroxylation is 2. The molecule has 0 radical (unpaired) electrons. The van der Waals surface area contributed by atoms with Gasteiger partial charge in [-0.1, -0.05) is 24.8 Å². The van der Waals surface area contributed by atoms with E-state index < -0.39 is 10.0 Å². The standard InChI is InChI=1S/C24H27N3O3S2/c1-5-18(4)26-24(28)19-7-13-23(25-15-19)31-21-10-8-20(9-11-21)27-32(29,30)22-12-6-16(2)17(3)14-22/h6-15,18,27H,5H2,1-4H3,(H,26,28)/t18-/m0/s1. The van der Waals surface area contributed by atoms with Crippen molar-refractivity contribution in [1.29, 1.82) is 0 Å². The summed E-state index contributed by atoms with van der Waals surface area (Å²) >= 11 is 1.43.